The van der Waals surface area contributed by atoms with Gasteiger partial charge in [-0.05, 0) is 38.5 Å². The van der Waals surface area contributed by atoms with E-state index in [9.17, 15) is 9.59 Å². The van der Waals surface area contributed by atoms with Gasteiger partial charge in [0.1, 0.15) is 11.3 Å². The lowest BCUT2D eigenvalue weighted by atomic mass is 10.0. The molecule has 1 amide bonds. The van der Waals surface area contributed by atoms with Crippen molar-refractivity contribution in [2.24, 2.45) is 0 Å². The second-order valence-corrected chi connectivity index (χ2v) is 5.53. The molecule has 0 aliphatic rings. The van der Waals surface area contributed by atoms with Crippen molar-refractivity contribution in [2.75, 3.05) is 6.61 Å². The summed E-state index contributed by atoms with van der Waals surface area (Å²) >= 11 is 0. The zero-order chi connectivity index (χ0) is 15.5. The number of benzene rings is 1. The fraction of sp³-hybridized carbons (Fsp3) is 0.375. The van der Waals surface area contributed by atoms with Gasteiger partial charge in [-0.15, -0.1) is 0 Å². The van der Waals surface area contributed by atoms with Crippen molar-refractivity contribution in [2.45, 2.75) is 32.7 Å². The number of ether oxygens (including phenoxy) is 1. The molecule has 1 N–H and O–H groups in total. The van der Waals surface area contributed by atoms with Crippen LogP contribution in [0.15, 0.2) is 39.5 Å². The summed E-state index contributed by atoms with van der Waals surface area (Å²) in [5.74, 6) is 0.303. The first kappa shape index (κ1) is 15.1. The van der Waals surface area contributed by atoms with Gasteiger partial charge in [0.05, 0.1) is 0 Å². The smallest absolute Gasteiger partial charge is 0.336 e. The average molecular weight is 289 g/mol. The first-order valence-corrected chi connectivity index (χ1v) is 6.87. The number of rotatable bonds is 5. The summed E-state index contributed by atoms with van der Waals surface area (Å²) in [4.78, 5) is 23.0. The Labute approximate surface area is 122 Å². The molecule has 5 nitrogen and oxygen atoms in total. The molecule has 0 radical (unpaired) electrons. The fourth-order valence-electron chi connectivity index (χ4n) is 1.78. The van der Waals surface area contributed by atoms with Gasteiger partial charge in [-0.1, -0.05) is 6.92 Å². The molecule has 0 fully saturated rings. The monoisotopic (exact) mass is 289 g/mol. The van der Waals surface area contributed by atoms with Gasteiger partial charge in [0, 0.05) is 23.1 Å². The van der Waals surface area contributed by atoms with E-state index in [1.807, 2.05) is 20.8 Å². The molecule has 2 rings (SSSR count). The van der Waals surface area contributed by atoms with E-state index in [1.165, 1.54) is 6.07 Å². The van der Waals surface area contributed by atoms with E-state index in [4.69, 9.17) is 9.15 Å². The Kier molecular flexibility index (Phi) is 4.31. The number of nitrogens with one attached hydrogen (secondary N) is 1. The predicted molar refractivity (Wildman–Crippen MR) is 80.5 cm³/mol. The van der Waals surface area contributed by atoms with Crippen molar-refractivity contribution in [1.29, 1.82) is 0 Å². The van der Waals surface area contributed by atoms with Crippen LogP contribution in [0.25, 0.3) is 11.0 Å². The normalized spacial score (nSPS) is 11.4. The molecule has 1 aromatic carbocycles. The van der Waals surface area contributed by atoms with Gasteiger partial charge in [0.2, 0.25) is 0 Å². The van der Waals surface area contributed by atoms with Crippen molar-refractivity contribution >= 4 is 16.9 Å². The Morgan fingerprint density at radius 1 is 1.29 bits per heavy atom. The standard InChI is InChI=1S/C16H19NO4/c1-4-16(2,3)17-14(18)10-20-12-7-5-11-6-8-15(19)21-13(11)9-12/h5-9H,4,10H2,1-3H3,(H,17,18). The van der Waals surface area contributed by atoms with Crippen LogP contribution in [0.1, 0.15) is 27.2 Å². The summed E-state index contributed by atoms with van der Waals surface area (Å²) in [6.45, 7) is 5.84. The van der Waals surface area contributed by atoms with Crippen LogP contribution >= 0.6 is 0 Å². The Morgan fingerprint density at radius 2 is 2.00 bits per heavy atom. The minimum atomic E-state index is -0.415. The van der Waals surface area contributed by atoms with Crippen LogP contribution in [0, 0.1) is 0 Å². The number of hydrogen-bond acceptors (Lipinski definition) is 4. The molecule has 0 aliphatic heterocycles. The highest BCUT2D eigenvalue weighted by Crippen LogP contribution is 2.19. The molecule has 0 unspecified atom stereocenters. The van der Waals surface area contributed by atoms with Crippen LogP contribution in [0.4, 0.5) is 0 Å². The third kappa shape index (κ3) is 4.08. The second-order valence-electron chi connectivity index (χ2n) is 5.53. The van der Waals surface area contributed by atoms with Gasteiger partial charge in [0.15, 0.2) is 6.61 Å². The topological polar surface area (TPSA) is 68.5 Å². The number of carbonyl (C=O) groups is 1. The Morgan fingerprint density at radius 3 is 2.71 bits per heavy atom. The first-order chi connectivity index (χ1) is 9.89. The highest BCUT2D eigenvalue weighted by Gasteiger charge is 2.17. The minimum absolute atomic E-state index is 0.0774. The quantitative estimate of drug-likeness (QED) is 0.859. The molecule has 0 atom stereocenters. The zero-order valence-corrected chi connectivity index (χ0v) is 12.4. The van der Waals surface area contributed by atoms with Gasteiger partial charge < -0.3 is 14.5 Å². The van der Waals surface area contributed by atoms with E-state index in [0.29, 0.717) is 11.3 Å². The fourth-order valence-corrected chi connectivity index (χ4v) is 1.78. The maximum atomic E-state index is 11.8. The van der Waals surface area contributed by atoms with E-state index >= 15 is 0 Å². The van der Waals surface area contributed by atoms with Crippen LogP contribution < -0.4 is 15.7 Å². The number of carbonyl (C=O) groups excluding carboxylic acids is 1. The Balaban J connectivity index is 2.03. The molecule has 1 heterocycles. The van der Waals surface area contributed by atoms with Crippen molar-refractivity contribution in [3.05, 3.63) is 40.8 Å². The van der Waals surface area contributed by atoms with Crippen LogP contribution in [0.3, 0.4) is 0 Å². The van der Waals surface area contributed by atoms with Crippen molar-refractivity contribution in [3.63, 3.8) is 0 Å². The summed E-state index contributed by atoms with van der Waals surface area (Å²) in [5.41, 5.74) is -0.229. The maximum Gasteiger partial charge on any atom is 0.336 e. The summed E-state index contributed by atoms with van der Waals surface area (Å²) < 4.78 is 10.5. The summed E-state index contributed by atoms with van der Waals surface area (Å²) in [6.07, 6.45) is 0.833. The SMILES string of the molecule is CCC(C)(C)NC(=O)COc1ccc2ccc(=O)oc2c1. The summed E-state index contributed by atoms with van der Waals surface area (Å²) in [6, 6.07) is 8.17. The molecule has 0 aliphatic carbocycles. The van der Waals surface area contributed by atoms with Crippen molar-refractivity contribution in [1.82, 2.24) is 5.32 Å². The van der Waals surface area contributed by atoms with Gasteiger partial charge in [-0.25, -0.2) is 4.79 Å². The van der Waals surface area contributed by atoms with Gasteiger partial charge in [-0.3, -0.25) is 4.79 Å². The highest BCUT2D eigenvalue weighted by atomic mass is 16.5. The predicted octanol–water partition coefficient (Wildman–Crippen LogP) is 2.48. The molecule has 5 heteroatoms. The van der Waals surface area contributed by atoms with Gasteiger partial charge >= 0.3 is 5.63 Å². The molecular weight excluding hydrogens is 270 g/mol. The molecule has 0 saturated carbocycles. The largest absolute Gasteiger partial charge is 0.484 e. The van der Waals surface area contributed by atoms with Crippen molar-refractivity contribution < 1.29 is 13.9 Å². The summed E-state index contributed by atoms with van der Waals surface area (Å²) in [5, 5.41) is 3.69. The molecule has 112 valence electrons. The number of amides is 1. The van der Waals surface area contributed by atoms with Crippen molar-refractivity contribution in [3.8, 4) is 5.75 Å². The third-order valence-corrected chi connectivity index (χ3v) is 3.33. The Hall–Kier alpha value is -2.30. The lowest BCUT2D eigenvalue weighted by molar-refractivity contribution is -0.124. The molecule has 0 bridgehead atoms. The van der Waals surface area contributed by atoms with E-state index < -0.39 is 5.63 Å². The molecule has 2 aromatic rings. The molecule has 0 saturated heterocycles. The van der Waals surface area contributed by atoms with Crippen LogP contribution in [-0.4, -0.2) is 18.1 Å². The zero-order valence-electron chi connectivity index (χ0n) is 12.4. The maximum absolute atomic E-state index is 11.8. The molecule has 1 aromatic heterocycles. The lowest BCUT2D eigenvalue weighted by Crippen LogP contribution is -2.44. The molecular formula is C16H19NO4. The van der Waals surface area contributed by atoms with E-state index in [1.54, 1.807) is 24.3 Å². The van der Waals surface area contributed by atoms with E-state index in [-0.39, 0.29) is 18.1 Å². The van der Waals surface area contributed by atoms with Crippen LogP contribution in [0.5, 0.6) is 5.75 Å². The van der Waals surface area contributed by atoms with Crippen LogP contribution in [-0.2, 0) is 4.79 Å². The average Bonchev–Trinajstić information content (AvgIpc) is 2.44. The molecule has 21 heavy (non-hydrogen) atoms. The first-order valence-electron chi connectivity index (χ1n) is 6.87. The summed E-state index contributed by atoms with van der Waals surface area (Å²) in [7, 11) is 0. The van der Waals surface area contributed by atoms with E-state index in [2.05, 4.69) is 5.32 Å². The van der Waals surface area contributed by atoms with Crippen LogP contribution in [0.2, 0.25) is 0 Å². The second kappa shape index (κ2) is 5.99. The number of fused-ring (bicyclic) bond motifs is 1. The minimum Gasteiger partial charge on any atom is -0.484 e. The van der Waals surface area contributed by atoms with Gasteiger partial charge in [-0.2, -0.15) is 0 Å². The Bertz CT molecular complexity index is 703. The third-order valence-electron chi connectivity index (χ3n) is 3.33. The molecule has 0 spiro atoms. The van der Waals surface area contributed by atoms with E-state index in [0.717, 1.165) is 11.8 Å². The lowest BCUT2D eigenvalue weighted by Gasteiger charge is -2.24. The van der Waals surface area contributed by atoms with Gasteiger partial charge in [0.25, 0.3) is 5.91 Å². The number of hydrogen-bond donors (Lipinski definition) is 1. The highest BCUT2D eigenvalue weighted by molar-refractivity contribution is 5.79.